The van der Waals surface area contributed by atoms with E-state index in [1.807, 2.05) is 29.3 Å². The molecule has 1 fully saturated rings. The number of aromatic amines is 1. The molecule has 140 valence electrons. The lowest BCUT2D eigenvalue weighted by molar-refractivity contribution is -0.129. The molecule has 1 aromatic heterocycles. The summed E-state index contributed by atoms with van der Waals surface area (Å²) >= 11 is 0. The van der Waals surface area contributed by atoms with E-state index in [4.69, 9.17) is 4.74 Å². The van der Waals surface area contributed by atoms with Crippen LogP contribution < -0.4 is 10.1 Å². The number of likely N-dealkylation sites (tertiary alicyclic amines) is 1. The van der Waals surface area contributed by atoms with Crippen molar-refractivity contribution in [1.29, 1.82) is 0 Å². The van der Waals surface area contributed by atoms with Crippen LogP contribution in [0, 0.1) is 5.92 Å². The molecule has 2 aromatic rings. The third-order valence-electron chi connectivity index (χ3n) is 5.04. The van der Waals surface area contributed by atoms with Crippen molar-refractivity contribution in [2.24, 2.45) is 5.92 Å². The van der Waals surface area contributed by atoms with Crippen LogP contribution in [-0.4, -0.2) is 48.4 Å². The van der Waals surface area contributed by atoms with Crippen LogP contribution in [0.1, 0.15) is 31.7 Å². The van der Waals surface area contributed by atoms with Gasteiger partial charge in [-0.25, -0.2) is 0 Å². The average Bonchev–Trinajstić information content (AvgIpc) is 3.23. The maximum absolute atomic E-state index is 12.4. The van der Waals surface area contributed by atoms with Gasteiger partial charge in [0.05, 0.1) is 13.0 Å². The molecule has 1 aliphatic rings. The second-order valence-corrected chi connectivity index (χ2v) is 6.86. The summed E-state index contributed by atoms with van der Waals surface area (Å²) in [6, 6.07) is 5.92. The number of hydrogen-bond donors (Lipinski definition) is 2. The molecule has 1 aliphatic heterocycles. The molecule has 0 spiro atoms. The Morgan fingerprint density at radius 2 is 2.27 bits per heavy atom. The van der Waals surface area contributed by atoms with Gasteiger partial charge in [0.25, 0.3) is 0 Å². The molecule has 0 aliphatic carbocycles. The van der Waals surface area contributed by atoms with E-state index in [0.29, 0.717) is 19.5 Å². The Hall–Kier alpha value is -2.50. The molecular formula is C20H27N3O3. The lowest BCUT2D eigenvalue weighted by Crippen LogP contribution is -2.34. The number of carbonyl (C=O) groups excluding carboxylic acids is 2. The highest BCUT2D eigenvalue weighted by Crippen LogP contribution is 2.24. The number of nitrogens with one attached hydrogen (secondary N) is 2. The summed E-state index contributed by atoms with van der Waals surface area (Å²) in [5, 5.41) is 4.10. The number of nitrogens with zero attached hydrogens (tertiary/aromatic N) is 1. The largest absolute Gasteiger partial charge is 0.497 e. The summed E-state index contributed by atoms with van der Waals surface area (Å²) in [5.41, 5.74) is 2.20. The first kappa shape index (κ1) is 18.3. The van der Waals surface area contributed by atoms with E-state index >= 15 is 0 Å². The monoisotopic (exact) mass is 357 g/mol. The van der Waals surface area contributed by atoms with Crippen LogP contribution in [0.5, 0.6) is 5.75 Å². The van der Waals surface area contributed by atoms with Crippen molar-refractivity contribution < 1.29 is 14.3 Å². The van der Waals surface area contributed by atoms with Gasteiger partial charge in [-0.3, -0.25) is 9.59 Å². The number of ether oxygens (including phenoxy) is 1. The molecule has 2 N–H and O–H groups in total. The fourth-order valence-electron chi connectivity index (χ4n) is 3.47. The summed E-state index contributed by atoms with van der Waals surface area (Å²) in [6.07, 6.45) is 5.08. The first-order valence-electron chi connectivity index (χ1n) is 9.32. The highest BCUT2D eigenvalue weighted by molar-refractivity contribution is 5.89. The third kappa shape index (κ3) is 4.00. The lowest BCUT2D eigenvalue weighted by atomic mass is 10.1. The van der Waals surface area contributed by atoms with Crippen molar-refractivity contribution in [3.05, 3.63) is 30.0 Å². The smallest absolute Gasteiger partial charge is 0.225 e. The number of carbonyl (C=O) groups is 2. The van der Waals surface area contributed by atoms with E-state index in [9.17, 15) is 9.59 Å². The number of methoxy groups -OCH3 is 1. The molecule has 26 heavy (non-hydrogen) atoms. The SMILES string of the molecule is CCCCN1CC(C(=O)NCCc2c[nH]c3ccc(OC)cc23)CC1=O. The minimum atomic E-state index is -0.220. The van der Waals surface area contributed by atoms with Gasteiger partial charge in [0.1, 0.15) is 5.75 Å². The van der Waals surface area contributed by atoms with Gasteiger partial charge in [-0.1, -0.05) is 13.3 Å². The Bertz CT molecular complexity index is 784. The zero-order valence-electron chi connectivity index (χ0n) is 15.5. The fraction of sp³-hybridized carbons (Fsp3) is 0.500. The van der Waals surface area contributed by atoms with Crippen molar-refractivity contribution in [3.63, 3.8) is 0 Å². The number of hydrogen-bond acceptors (Lipinski definition) is 3. The number of benzene rings is 1. The number of fused-ring (bicyclic) bond motifs is 1. The topological polar surface area (TPSA) is 74.4 Å². The summed E-state index contributed by atoms with van der Waals surface area (Å²) in [7, 11) is 1.65. The minimum absolute atomic E-state index is 0.0187. The molecule has 3 rings (SSSR count). The molecule has 1 saturated heterocycles. The van der Waals surface area contributed by atoms with Gasteiger partial charge >= 0.3 is 0 Å². The van der Waals surface area contributed by atoms with Gasteiger partial charge in [-0.15, -0.1) is 0 Å². The minimum Gasteiger partial charge on any atom is -0.497 e. The van der Waals surface area contributed by atoms with Gasteiger partial charge < -0.3 is 19.9 Å². The quantitative estimate of drug-likeness (QED) is 0.762. The Kier molecular flexibility index (Phi) is 5.81. The number of rotatable bonds is 8. The molecule has 1 aromatic carbocycles. The molecule has 0 saturated carbocycles. The van der Waals surface area contributed by atoms with Gasteiger partial charge in [-0.05, 0) is 36.6 Å². The van der Waals surface area contributed by atoms with E-state index in [0.717, 1.165) is 48.0 Å². The molecule has 2 amide bonds. The zero-order chi connectivity index (χ0) is 18.5. The highest BCUT2D eigenvalue weighted by Gasteiger charge is 2.33. The predicted octanol–water partition coefficient (Wildman–Crippen LogP) is 2.48. The summed E-state index contributed by atoms with van der Waals surface area (Å²) in [6.45, 7) is 3.97. The van der Waals surface area contributed by atoms with Crippen molar-refractivity contribution >= 4 is 22.7 Å². The van der Waals surface area contributed by atoms with E-state index in [1.54, 1.807) is 7.11 Å². The average molecular weight is 357 g/mol. The highest BCUT2D eigenvalue weighted by atomic mass is 16.5. The Morgan fingerprint density at radius 1 is 1.42 bits per heavy atom. The standard InChI is InChI=1S/C20H27N3O3/c1-3-4-9-23-13-15(10-19(23)24)20(25)21-8-7-14-12-22-18-6-5-16(26-2)11-17(14)18/h5-6,11-12,15,22H,3-4,7-10,13H2,1-2H3,(H,21,25). The van der Waals surface area contributed by atoms with E-state index < -0.39 is 0 Å². The second kappa shape index (κ2) is 8.25. The van der Waals surface area contributed by atoms with Gasteiger partial charge in [-0.2, -0.15) is 0 Å². The third-order valence-corrected chi connectivity index (χ3v) is 5.04. The Balaban J connectivity index is 1.52. The van der Waals surface area contributed by atoms with Crippen LogP contribution >= 0.6 is 0 Å². The van der Waals surface area contributed by atoms with E-state index in [2.05, 4.69) is 17.2 Å². The van der Waals surface area contributed by atoms with Crippen molar-refractivity contribution in [2.45, 2.75) is 32.6 Å². The van der Waals surface area contributed by atoms with Gasteiger partial charge in [0.15, 0.2) is 0 Å². The first-order valence-corrected chi connectivity index (χ1v) is 9.32. The number of amides is 2. The molecule has 1 unspecified atom stereocenters. The lowest BCUT2D eigenvalue weighted by Gasteiger charge is -2.15. The van der Waals surface area contributed by atoms with Crippen LogP contribution in [0.4, 0.5) is 0 Å². The molecule has 0 bridgehead atoms. The van der Waals surface area contributed by atoms with Gasteiger partial charge in [0, 0.05) is 43.2 Å². The maximum Gasteiger partial charge on any atom is 0.225 e. The Labute approximate surface area is 153 Å². The summed E-state index contributed by atoms with van der Waals surface area (Å²) < 4.78 is 5.28. The summed E-state index contributed by atoms with van der Waals surface area (Å²) in [5.74, 6) is 0.679. The van der Waals surface area contributed by atoms with E-state index in [1.165, 1.54) is 0 Å². The molecular weight excluding hydrogens is 330 g/mol. The van der Waals surface area contributed by atoms with Crippen LogP contribution in [0.3, 0.4) is 0 Å². The van der Waals surface area contributed by atoms with Crippen LogP contribution in [0.15, 0.2) is 24.4 Å². The molecule has 6 nitrogen and oxygen atoms in total. The van der Waals surface area contributed by atoms with Crippen LogP contribution in [0.25, 0.3) is 10.9 Å². The summed E-state index contributed by atoms with van der Waals surface area (Å²) in [4.78, 5) is 29.4. The second-order valence-electron chi connectivity index (χ2n) is 6.86. The molecule has 0 radical (unpaired) electrons. The first-order chi connectivity index (χ1) is 12.6. The zero-order valence-corrected chi connectivity index (χ0v) is 15.5. The number of H-pyrrole nitrogens is 1. The molecule has 2 heterocycles. The van der Waals surface area contributed by atoms with Crippen molar-refractivity contribution in [3.8, 4) is 5.75 Å². The number of unbranched alkanes of at least 4 members (excludes halogenated alkanes) is 1. The molecule has 6 heteroatoms. The van der Waals surface area contributed by atoms with E-state index in [-0.39, 0.29) is 17.7 Å². The van der Waals surface area contributed by atoms with Crippen molar-refractivity contribution in [2.75, 3.05) is 26.7 Å². The predicted molar refractivity (Wildman–Crippen MR) is 101 cm³/mol. The molecule has 1 atom stereocenters. The van der Waals surface area contributed by atoms with Gasteiger partial charge in [0.2, 0.25) is 11.8 Å². The normalized spacial score (nSPS) is 17.1. The van der Waals surface area contributed by atoms with Crippen molar-refractivity contribution in [1.82, 2.24) is 15.2 Å². The maximum atomic E-state index is 12.4. The fourth-order valence-corrected chi connectivity index (χ4v) is 3.47. The van der Waals surface area contributed by atoms with Crippen LogP contribution in [-0.2, 0) is 16.0 Å². The number of aromatic nitrogens is 1. The van der Waals surface area contributed by atoms with Crippen LogP contribution in [0.2, 0.25) is 0 Å². The Morgan fingerprint density at radius 3 is 3.04 bits per heavy atom.